The first kappa shape index (κ1) is 18.8. The van der Waals surface area contributed by atoms with Gasteiger partial charge >= 0.3 is 0 Å². The van der Waals surface area contributed by atoms with Gasteiger partial charge in [0.1, 0.15) is 12.4 Å². The molecule has 1 N–H and O–H groups in total. The first-order valence-electron chi connectivity index (χ1n) is 9.25. The zero-order chi connectivity index (χ0) is 20.1. The van der Waals surface area contributed by atoms with E-state index >= 15 is 0 Å². The van der Waals surface area contributed by atoms with Gasteiger partial charge in [-0.1, -0.05) is 60.2 Å². The second-order valence-electron chi connectivity index (χ2n) is 6.62. The Morgan fingerprint density at radius 2 is 1.72 bits per heavy atom. The molecule has 144 valence electrons. The Kier molecular flexibility index (Phi) is 5.63. The number of benzene rings is 3. The van der Waals surface area contributed by atoms with E-state index in [1.165, 1.54) is 5.56 Å². The number of nitrogens with zero attached hydrogens (tertiary/aromatic N) is 3. The van der Waals surface area contributed by atoms with Gasteiger partial charge in [0.15, 0.2) is 5.82 Å². The number of aromatic amines is 1. The molecule has 0 fully saturated rings. The van der Waals surface area contributed by atoms with E-state index in [-0.39, 0.29) is 0 Å². The topological polar surface area (TPSA) is 55.2 Å². The first-order chi connectivity index (χ1) is 14.2. The number of H-pyrrole nitrogens is 1. The monoisotopic (exact) mass is 400 g/mol. The molecule has 0 aliphatic rings. The molecule has 0 atom stereocenters. The highest BCUT2D eigenvalue weighted by Gasteiger charge is 2.07. The average Bonchev–Trinajstić information content (AvgIpc) is 3.13. The number of hydrogen-bond donors (Lipinski definition) is 1. The zero-order valence-corrected chi connectivity index (χ0v) is 16.8. The van der Waals surface area contributed by atoms with Gasteiger partial charge in [0.25, 0.3) is 0 Å². The van der Waals surface area contributed by atoms with Crippen molar-refractivity contribution in [1.82, 2.24) is 14.9 Å². The van der Waals surface area contributed by atoms with Crippen LogP contribution in [0.25, 0.3) is 11.4 Å². The Balaban J connectivity index is 1.45. The van der Waals surface area contributed by atoms with Crippen LogP contribution in [-0.2, 0) is 6.61 Å². The third-order valence-corrected chi connectivity index (χ3v) is 4.68. The van der Waals surface area contributed by atoms with Crippen molar-refractivity contribution in [2.45, 2.75) is 13.5 Å². The molecule has 4 aromatic rings. The summed E-state index contributed by atoms with van der Waals surface area (Å²) in [6.07, 6.45) is 1.75. The normalized spacial score (nSPS) is 11.1. The molecule has 0 saturated carbocycles. The highest BCUT2D eigenvalue weighted by molar-refractivity contribution is 7.71. The zero-order valence-electron chi connectivity index (χ0n) is 15.9. The van der Waals surface area contributed by atoms with Crippen LogP contribution < -0.4 is 4.74 Å². The standard InChI is InChI=1S/C23H20N4OS/c1-17-7-9-19(10-8-17)16-28-21-13-11-18(12-14-21)15-24-27-22(25-26-23(27)29)20-5-3-2-4-6-20/h2-15H,16H2,1H3,(H,26,29)/b24-15+. The highest BCUT2D eigenvalue weighted by atomic mass is 32.1. The van der Waals surface area contributed by atoms with Crippen molar-refractivity contribution in [3.63, 3.8) is 0 Å². The fourth-order valence-electron chi connectivity index (χ4n) is 2.80. The van der Waals surface area contributed by atoms with Gasteiger partial charge in [-0.25, -0.2) is 5.10 Å². The number of nitrogens with one attached hydrogen (secondary N) is 1. The van der Waals surface area contributed by atoms with Gasteiger partial charge in [-0.15, -0.1) is 0 Å². The van der Waals surface area contributed by atoms with Crippen molar-refractivity contribution in [2.24, 2.45) is 5.10 Å². The van der Waals surface area contributed by atoms with Crippen LogP contribution in [0.3, 0.4) is 0 Å². The molecule has 1 aromatic heterocycles. The van der Waals surface area contributed by atoms with E-state index in [1.807, 2.05) is 54.6 Å². The van der Waals surface area contributed by atoms with E-state index in [9.17, 15) is 0 Å². The molecule has 29 heavy (non-hydrogen) atoms. The van der Waals surface area contributed by atoms with Crippen LogP contribution in [0.4, 0.5) is 0 Å². The summed E-state index contributed by atoms with van der Waals surface area (Å²) in [6, 6.07) is 25.9. The molecule has 0 aliphatic carbocycles. The molecule has 4 rings (SSSR count). The molecular formula is C23H20N4OS. The third-order valence-electron chi connectivity index (χ3n) is 4.41. The number of rotatable bonds is 6. The van der Waals surface area contributed by atoms with Crippen LogP contribution >= 0.6 is 12.2 Å². The van der Waals surface area contributed by atoms with Crippen molar-refractivity contribution in [1.29, 1.82) is 0 Å². The van der Waals surface area contributed by atoms with Crippen LogP contribution in [0.15, 0.2) is 84.0 Å². The average molecular weight is 401 g/mol. The fraction of sp³-hybridized carbons (Fsp3) is 0.0870. The minimum absolute atomic E-state index is 0.443. The highest BCUT2D eigenvalue weighted by Crippen LogP contribution is 2.17. The van der Waals surface area contributed by atoms with Gasteiger partial charge in [0.2, 0.25) is 4.77 Å². The van der Waals surface area contributed by atoms with E-state index in [4.69, 9.17) is 17.0 Å². The molecule has 0 aliphatic heterocycles. The summed E-state index contributed by atoms with van der Waals surface area (Å²) in [6.45, 7) is 2.61. The molecule has 5 nitrogen and oxygen atoms in total. The van der Waals surface area contributed by atoms with Gasteiger partial charge in [0, 0.05) is 5.56 Å². The van der Waals surface area contributed by atoms with Gasteiger partial charge in [-0.3, -0.25) is 0 Å². The number of ether oxygens (including phenoxy) is 1. The minimum Gasteiger partial charge on any atom is -0.489 e. The lowest BCUT2D eigenvalue weighted by Crippen LogP contribution is -1.96. The lowest BCUT2D eigenvalue weighted by atomic mass is 10.2. The Bertz CT molecular complexity index is 1160. The van der Waals surface area contributed by atoms with Crippen LogP contribution in [0.5, 0.6) is 5.75 Å². The lowest BCUT2D eigenvalue weighted by molar-refractivity contribution is 0.306. The summed E-state index contributed by atoms with van der Waals surface area (Å²) in [5.41, 5.74) is 4.27. The summed E-state index contributed by atoms with van der Waals surface area (Å²) in [4.78, 5) is 0. The Morgan fingerprint density at radius 1 is 1.00 bits per heavy atom. The summed E-state index contributed by atoms with van der Waals surface area (Å²) in [5.74, 6) is 1.48. The van der Waals surface area contributed by atoms with E-state index in [2.05, 4.69) is 46.5 Å². The summed E-state index contributed by atoms with van der Waals surface area (Å²) >= 11 is 5.31. The van der Waals surface area contributed by atoms with Crippen molar-refractivity contribution in [3.05, 3.63) is 100 Å². The SMILES string of the molecule is Cc1ccc(COc2ccc(/C=N/n3c(-c4ccccc4)n[nH]c3=S)cc2)cc1. The fourth-order valence-corrected chi connectivity index (χ4v) is 2.98. The Morgan fingerprint density at radius 3 is 2.45 bits per heavy atom. The molecule has 0 saturated heterocycles. The van der Waals surface area contributed by atoms with Crippen molar-refractivity contribution in [3.8, 4) is 17.1 Å². The lowest BCUT2D eigenvalue weighted by Gasteiger charge is -2.07. The van der Waals surface area contributed by atoms with Crippen molar-refractivity contribution in [2.75, 3.05) is 0 Å². The predicted octanol–water partition coefficient (Wildman–Crippen LogP) is 5.38. The first-order valence-corrected chi connectivity index (χ1v) is 9.65. The maximum absolute atomic E-state index is 5.85. The van der Waals surface area contributed by atoms with Crippen LogP contribution in [0, 0.1) is 11.7 Å². The van der Waals surface area contributed by atoms with Crippen LogP contribution in [0.1, 0.15) is 16.7 Å². The summed E-state index contributed by atoms with van der Waals surface area (Å²) < 4.78 is 7.91. The predicted molar refractivity (Wildman–Crippen MR) is 118 cm³/mol. The van der Waals surface area contributed by atoms with Crippen molar-refractivity contribution >= 4 is 18.4 Å². The molecule has 0 amide bonds. The number of hydrogen-bond acceptors (Lipinski definition) is 4. The number of aryl methyl sites for hydroxylation is 1. The Hall–Kier alpha value is -3.51. The maximum atomic E-state index is 5.85. The number of aromatic nitrogens is 3. The van der Waals surface area contributed by atoms with E-state index < -0.39 is 0 Å². The van der Waals surface area contributed by atoms with Crippen LogP contribution in [-0.4, -0.2) is 21.1 Å². The molecule has 6 heteroatoms. The van der Waals surface area contributed by atoms with Crippen LogP contribution in [0.2, 0.25) is 0 Å². The summed E-state index contributed by atoms with van der Waals surface area (Å²) in [7, 11) is 0. The quantitative estimate of drug-likeness (QED) is 0.349. The van der Waals surface area contributed by atoms with Gasteiger partial charge in [-0.2, -0.15) is 14.9 Å². The molecular weight excluding hydrogens is 380 g/mol. The maximum Gasteiger partial charge on any atom is 0.216 e. The molecule has 0 radical (unpaired) electrons. The second-order valence-corrected chi connectivity index (χ2v) is 7.00. The minimum atomic E-state index is 0.443. The van der Waals surface area contributed by atoms with Crippen molar-refractivity contribution < 1.29 is 4.74 Å². The molecule has 0 bridgehead atoms. The summed E-state index contributed by atoms with van der Waals surface area (Å²) in [5, 5.41) is 11.6. The third kappa shape index (κ3) is 4.67. The molecule has 0 spiro atoms. The van der Waals surface area contributed by atoms with E-state index in [1.54, 1.807) is 10.9 Å². The van der Waals surface area contributed by atoms with Gasteiger partial charge in [-0.05, 0) is 54.5 Å². The van der Waals surface area contributed by atoms with E-state index in [0.717, 1.165) is 22.4 Å². The molecule has 1 heterocycles. The largest absolute Gasteiger partial charge is 0.489 e. The second kappa shape index (κ2) is 8.67. The van der Waals surface area contributed by atoms with Gasteiger partial charge in [0.05, 0.1) is 6.21 Å². The Labute approximate surface area is 174 Å². The van der Waals surface area contributed by atoms with Gasteiger partial charge < -0.3 is 4.74 Å². The molecule has 0 unspecified atom stereocenters. The van der Waals surface area contributed by atoms with E-state index in [0.29, 0.717) is 17.2 Å². The molecule has 3 aromatic carbocycles. The smallest absolute Gasteiger partial charge is 0.216 e.